The molecule has 0 atom stereocenters. The van der Waals surface area contributed by atoms with Gasteiger partial charge in [0.05, 0.1) is 18.8 Å². The number of amides is 1. The Balaban J connectivity index is 1.83. The van der Waals surface area contributed by atoms with Crippen LogP contribution in [0.5, 0.6) is 0 Å². The minimum absolute atomic E-state index is 0.0464. The van der Waals surface area contributed by atoms with Crippen molar-refractivity contribution in [1.82, 2.24) is 20.0 Å². The molecule has 0 radical (unpaired) electrons. The van der Waals surface area contributed by atoms with Gasteiger partial charge in [0, 0.05) is 29.7 Å². The van der Waals surface area contributed by atoms with Crippen molar-refractivity contribution in [1.29, 1.82) is 0 Å². The lowest BCUT2D eigenvalue weighted by Gasteiger charge is -2.16. The molecular formula is C15H22N4OS. The third kappa shape index (κ3) is 4.15. The van der Waals surface area contributed by atoms with Crippen molar-refractivity contribution in [2.75, 3.05) is 13.6 Å². The van der Waals surface area contributed by atoms with Crippen LogP contribution in [0.4, 0.5) is 0 Å². The number of nitrogens with zero attached hydrogens (tertiary/aromatic N) is 3. The topological polar surface area (TPSA) is 50.2 Å². The average molecular weight is 306 g/mol. The first kappa shape index (κ1) is 15.7. The van der Waals surface area contributed by atoms with Gasteiger partial charge in [0.1, 0.15) is 0 Å². The zero-order valence-corrected chi connectivity index (χ0v) is 13.8. The van der Waals surface area contributed by atoms with Crippen LogP contribution in [0.3, 0.4) is 0 Å². The quantitative estimate of drug-likeness (QED) is 0.886. The first-order valence-electron chi connectivity index (χ1n) is 6.94. The molecule has 6 heteroatoms. The van der Waals surface area contributed by atoms with Crippen LogP contribution in [0, 0.1) is 13.8 Å². The molecule has 5 nitrogen and oxygen atoms in total. The summed E-state index contributed by atoms with van der Waals surface area (Å²) in [5.41, 5.74) is 3.38. The number of carbonyl (C=O) groups is 1. The van der Waals surface area contributed by atoms with Crippen LogP contribution < -0.4 is 5.32 Å². The smallest absolute Gasteiger partial charge is 0.234 e. The van der Waals surface area contributed by atoms with E-state index in [1.807, 2.05) is 48.1 Å². The van der Waals surface area contributed by atoms with E-state index in [4.69, 9.17) is 0 Å². The van der Waals surface area contributed by atoms with Crippen LogP contribution in [0.2, 0.25) is 0 Å². The largest absolute Gasteiger partial charge is 0.350 e. The van der Waals surface area contributed by atoms with Crippen molar-refractivity contribution in [2.24, 2.45) is 7.05 Å². The first-order chi connectivity index (χ1) is 9.97. The van der Waals surface area contributed by atoms with Crippen LogP contribution >= 0.6 is 11.3 Å². The lowest BCUT2D eigenvalue weighted by atomic mass is 10.2. The van der Waals surface area contributed by atoms with E-state index in [0.717, 1.165) is 17.9 Å². The number of nitrogens with one attached hydrogen (secondary N) is 1. The zero-order chi connectivity index (χ0) is 15.4. The van der Waals surface area contributed by atoms with Crippen molar-refractivity contribution in [3.63, 3.8) is 0 Å². The Bertz CT molecular complexity index is 603. The lowest BCUT2D eigenvalue weighted by molar-refractivity contribution is -0.122. The van der Waals surface area contributed by atoms with Crippen molar-refractivity contribution in [2.45, 2.75) is 26.9 Å². The Morgan fingerprint density at radius 3 is 2.81 bits per heavy atom. The highest BCUT2D eigenvalue weighted by Crippen LogP contribution is 2.13. The van der Waals surface area contributed by atoms with Gasteiger partial charge in [-0.15, -0.1) is 11.3 Å². The Morgan fingerprint density at radius 2 is 2.24 bits per heavy atom. The van der Waals surface area contributed by atoms with Gasteiger partial charge in [0.2, 0.25) is 5.91 Å². The molecule has 0 aliphatic heterocycles. The third-order valence-corrected chi connectivity index (χ3v) is 4.42. The molecule has 0 unspecified atom stereocenters. The van der Waals surface area contributed by atoms with Gasteiger partial charge in [-0.2, -0.15) is 5.10 Å². The highest BCUT2D eigenvalue weighted by Gasteiger charge is 2.13. The zero-order valence-electron chi connectivity index (χ0n) is 13.0. The molecule has 2 rings (SSSR count). The van der Waals surface area contributed by atoms with Crippen LogP contribution in [-0.4, -0.2) is 34.2 Å². The molecule has 2 aromatic rings. The number of likely N-dealkylation sites (N-methyl/N-ethyl adjacent to an activating group) is 1. The summed E-state index contributed by atoms with van der Waals surface area (Å²) in [6.45, 7) is 5.79. The number of hydrogen-bond donors (Lipinski definition) is 1. The number of thiophene rings is 1. The number of aryl methyl sites for hydroxylation is 2. The van der Waals surface area contributed by atoms with Gasteiger partial charge in [-0.05, 0) is 32.3 Å². The van der Waals surface area contributed by atoms with Crippen LogP contribution in [0.15, 0.2) is 17.5 Å². The van der Waals surface area contributed by atoms with Crippen LogP contribution in [-0.2, 0) is 24.9 Å². The molecular weight excluding hydrogens is 284 g/mol. The maximum absolute atomic E-state index is 11.9. The van der Waals surface area contributed by atoms with Gasteiger partial charge in [0.15, 0.2) is 0 Å². The molecule has 0 fully saturated rings. The van der Waals surface area contributed by atoms with E-state index in [9.17, 15) is 4.79 Å². The molecule has 21 heavy (non-hydrogen) atoms. The van der Waals surface area contributed by atoms with E-state index >= 15 is 0 Å². The van der Waals surface area contributed by atoms with E-state index in [2.05, 4.69) is 17.3 Å². The van der Waals surface area contributed by atoms with Gasteiger partial charge in [-0.3, -0.25) is 14.4 Å². The predicted octanol–water partition coefficient (Wildman–Crippen LogP) is 1.85. The molecule has 2 heterocycles. The van der Waals surface area contributed by atoms with Crippen molar-refractivity contribution in [3.05, 3.63) is 39.3 Å². The SMILES string of the molecule is Cc1nn(C)c(C)c1CN(C)CC(=O)NCc1cccs1. The van der Waals surface area contributed by atoms with E-state index in [1.165, 1.54) is 10.4 Å². The fourth-order valence-corrected chi connectivity index (χ4v) is 2.92. The Hall–Kier alpha value is -1.66. The van der Waals surface area contributed by atoms with Gasteiger partial charge in [-0.25, -0.2) is 0 Å². The molecule has 114 valence electrons. The summed E-state index contributed by atoms with van der Waals surface area (Å²) in [5, 5.41) is 9.36. The summed E-state index contributed by atoms with van der Waals surface area (Å²) >= 11 is 1.65. The Morgan fingerprint density at radius 1 is 1.48 bits per heavy atom. The molecule has 0 aliphatic carbocycles. The van der Waals surface area contributed by atoms with E-state index in [0.29, 0.717) is 13.1 Å². The molecule has 0 spiro atoms. The summed E-state index contributed by atoms with van der Waals surface area (Å²) in [5.74, 6) is 0.0464. The second-order valence-corrected chi connectivity index (χ2v) is 6.33. The first-order valence-corrected chi connectivity index (χ1v) is 7.82. The molecule has 1 amide bonds. The maximum atomic E-state index is 11.9. The Kier molecular flexibility index (Phi) is 5.14. The second kappa shape index (κ2) is 6.87. The molecule has 0 aliphatic rings. The number of carbonyl (C=O) groups excluding carboxylic acids is 1. The fraction of sp³-hybridized carbons (Fsp3) is 0.467. The van der Waals surface area contributed by atoms with Gasteiger partial charge < -0.3 is 5.32 Å². The van der Waals surface area contributed by atoms with Crippen LogP contribution in [0.1, 0.15) is 21.8 Å². The second-order valence-electron chi connectivity index (χ2n) is 5.30. The molecule has 2 aromatic heterocycles. The highest BCUT2D eigenvalue weighted by molar-refractivity contribution is 7.09. The molecule has 0 bridgehead atoms. The van der Waals surface area contributed by atoms with E-state index < -0.39 is 0 Å². The number of hydrogen-bond acceptors (Lipinski definition) is 4. The Labute approximate surface area is 129 Å². The normalized spacial score (nSPS) is 11.1. The van der Waals surface area contributed by atoms with E-state index in [1.54, 1.807) is 11.3 Å². The van der Waals surface area contributed by atoms with Crippen molar-refractivity contribution < 1.29 is 4.79 Å². The summed E-state index contributed by atoms with van der Waals surface area (Å²) < 4.78 is 1.88. The number of aromatic nitrogens is 2. The minimum atomic E-state index is 0.0464. The lowest BCUT2D eigenvalue weighted by Crippen LogP contribution is -2.34. The van der Waals surface area contributed by atoms with Crippen molar-refractivity contribution >= 4 is 17.2 Å². The minimum Gasteiger partial charge on any atom is -0.350 e. The summed E-state index contributed by atoms with van der Waals surface area (Å²) in [4.78, 5) is 15.1. The predicted molar refractivity (Wildman–Crippen MR) is 85.2 cm³/mol. The average Bonchev–Trinajstić information content (AvgIpc) is 3.01. The maximum Gasteiger partial charge on any atom is 0.234 e. The van der Waals surface area contributed by atoms with Crippen molar-refractivity contribution in [3.8, 4) is 0 Å². The van der Waals surface area contributed by atoms with E-state index in [-0.39, 0.29) is 5.91 Å². The number of rotatable bonds is 6. The summed E-state index contributed by atoms with van der Waals surface area (Å²) in [6, 6.07) is 4.02. The van der Waals surface area contributed by atoms with Crippen LogP contribution in [0.25, 0.3) is 0 Å². The van der Waals surface area contributed by atoms with Gasteiger partial charge in [-0.1, -0.05) is 6.07 Å². The van der Waals surface area contributed by atoms with Gasteiger partial charge >= 0.3 is 0 Å². The molecule has 0 saturated heterocycles. The molecule has 0 saturated carbocycles. The fourth-order valence-electron chi connectivity index (χ4n) is 2.27. The highest BCUT2D eigenvalue weighted by atomic mass is 32.1. The molecule has 1 N–H and O–H groups in total. The molecule has 0 aromatic carbocycles. The monoisotopic (exact) mass is 306 g/mol. The summed E-state index contributed by atoms with van der Waals surface area (Å²) in [6.07, 6.45) is 0. The third-order valence-electron chi connectivity index (χ3n) is 3.54. The summed E-state index contributed by atoms with van der Waals surface area (Å²) in [7, 11) is 3.90. The standard InChI is InChI=1S/C15H22N4OS/c1-11-14(12(2)19(4)17-11)9-18(3)10-15(20)16-8-13-6-5-7-21-13/h5-7H,8-10H2,1-4H3,(H,16,20). The van der Waals surface area contributed by atoms with Gasteiger partial charge in [0.25, 0.3) is 0 Å².